The highest BCUT2D eigenvalue weighted by Gasteiger charge is 2.43. The highest BCUT2D eigenvalue weighted by Crippen LogP contribution is 2.27. The van der Waals surface area contributed by atoms with Crippen molar-refractivity contribution in [3.05, 3.63) is 12.7 Å². The number of likely N-dealkylation sites (tertiary alicyclic amines) is 1. The van der Waals surface area contributed by atoms with Crippen LogP contribution in [-0.2, 0) is 24.0 Å². The van der Waals surface area contributed by atoms with Crippen LogP contribution in [0.4, 0.5) is 18.0 Å². The molecule has 49 heavy (non-hydrogen) atoms. The summed E-state index contributed by atoms with van der Waals surface area (Å²) in [5, 5.41) is 11.9. The molecule has 3 unspecified atom stereocenters. The zero-order chi connectivity index (χ0) is 38.5. The van der Waals surface area contributed by atoms with Crippen LogP contribution in [0.3, 0.4) is 0 Å². The van der Waals surface area contributed by atoms with Gasteiger partial charge in [-0.2, -0.15) is 13.2 Å². The minimum absolute atomic E-state index is 0.105. The molecule has 1 heterocycles. The molecule has 6 amide bonds. The quantitative estimate of drug-likeness (QED) is 0.133. The van der Waals surface area contributed by atoms with E-state index < -0.39 is 78.0 Å². The van der Waals surface area contributed by atoms with Gasteiger partial charge in [0.25, 0.3) is 5.91 Å². The largest absolute Gasteiger partial charge is 0.389 e. The van der Waals surface area contributed by atoms with E-state index in [2.05, 4.69) is 67.8 Å². The van der Waals surface area contributed by atoms with Gasteiger partial charge in [-0.05, 0) is 44.4 Å². The third-order valence-corrected chi connectivity index (χ3v) is 6.57. The molecule has 0 aromatic carbocycles. The minimum Gasteiger partial charge on any atom is -0.352 e. The van der Waals surface area contributed by atoms with E-state index in [1.807, 2.05) is 0 Å². The number of hydrogen-bond acceptors (Lipinski definition) is 6. The molecule has 1 saturated heterocycles. The first kappa shape index (κ1) is 47.5. The Morgan fingerprint density at radius 3 is 1.90 bits per heavy atom. The highest BCUT2D eigenvalue weighted by molar-refractivity contribution is 6.38. The SMILES string of the molecule is C=CCNC(=O)C(=O)C(CCC(F)(F)F)NC(=O)C1CCCN1C(=O)C(NC(=O)NCC(=O)NC(C)C)C(C)(C)C.CC(C)C.CCCC. The maximum atomic E-state index is 13.6. The number of carbonyl (C=O) groups is 6. The average Bonchev–Trinajstić information content (AvgIpc) is 3.48. The zero-order valence-corrected chi connectivity index (χ0v) is 31.1. The topological polar surface area (TPSA) is 166 Å². The molecular formula is C34H61F3N6O6. The van der Waals surface area contributed by atoms with Crippen molar-refractivity contribution >= 4 is 35.4 Å². The lowest BCUT2D eigenvalue weighted by Crippen LogP contribution is -2.60. The first-order valence-electron chi connectivity index (χ1n) is 17.0. The summed E-state index contributed by atoms with van der Waals surface area (Å²) < 4.78 is 38.7. The van der Waals surface area contributed by atoms with Crippen molar-refractivity contribution in [1.82, 2.24) is 31.5 Å². The summed E-state index contributed by atoms with van der Waals surface area (Å²) in [4.78, 5) is 77.0. The summed E-state index contributed by atoms with van der Waals surface area (Å²) in [5.41, 5.74) is -0.841. The Balaban J connectivity index is 0. The van der Waals surface area contributed by atoms with Gasteiger partial charge in [-0.3, -0.25) is 24.0 Å². The van der Waals surface area contributed by atoms with Crippen molar-refractivity contribution in [2.75, 3.05) is 19.6 Å². The number of nitrogens with one attached hydrogen (secondary N) is 5. The van der Waals surface area contributed by atoms with Gasteiger partial charge in [0, 0.05) is 25.6 Å². The molecule has 0 radical (unpaired) electrons. The van der Waals surface area contributed by atoms with Gasteiger partial charge >= 0.3 is 12.2 Å². The van der Waals surface area contributed by atoms with Crippen molar-refractivity contribution in [1.29, 1.82) is 0 Å². The maximum Gasteiger partial charge on any atom is 0.389 e. The number of nitrogens with zero attached hydrogens (tertiary/aromatic N) is 1. The fourth-order valence-corrected chi connectivity index (χ4v) is 4.09. The van der Waals surface area contributed by atoms with E-state index in [0.717, 1.165) is 5.92 Å². The number of carbonyl (C=O) groups excluding carboxylic acids is 6. The van der Waals surface area contributed by atoms with Gasteiger partial charge in [0.05, 0.1) is 12.6 Å². The van der Waals surface area contributed by atoms with E-state index in [0.29, 0.717) is 6.42 Å². The van der Waals surface area contributed by atoms with Gasteiger partial charge in [0.2, 0.25) is 23.5 Å². The van der Waals surface area contributed by atoms with Gasteiger partial charge in [-0.15, -0.1) is 6.58 Å². The smallest absolute Gasteiger partial charge is 0.352 e. The summed E-state index contributed by atoms with van der Waals surface area (Å²) in [7, 11) is 0. The number of halogens is 3. The molecule has 12 nitrogen and oxygen atoms in total. The molecule has 0 spiro atoms. The predicted octanol–water partition coefficient (Wildman–Crippen LogP) is 4.38. The standard InChI is InChI=1S/C26H41F3N6O6.2C4H10/c1-7-12-30-22(39)19(37)16(10-11-26(27,28)29)33-21(38)17-9-8-13-35(17)23(40)20(25(4,5)6)34-24(41)31-14-18(36)32-15(2)3;1-4(2)3;1-3-4-2/h7,15-17,20H,1,8-14H2,2-6H3,(H,30,39)(H,32,36)(H,33,38)(H2,31,34,41);4H,1-3H3;3-4H2,1-2H3. The molecule has 1 aliphatic rings. The molecule has 284 valence electrons. The Bertz CT molecular complexity index is 1070. The second kappa shape index (κ2) is 23.7. The van der Waals surface area contributed by atoms with E-state index in [4.69, 9.17) is 0 Å². The molecule has 15 heteroatoms. The van der Waals surface area contributed by atoms with E-state index in [-0.39, 0.29) is 32.1 Å². The van der Waals surface area contributed by atoms with Gasteiger partial charge in [0.15, 0.2) is 0 Å². The number of amides is 6. The van der Waals surface area contributed by atoms with Gasteiger partial charge in [-0.25, -0.2) is 4.79 Å². The number of unbranched alkanes of at least 4 members (excludes halogenated alkanes) is 1. The third kappa shape index (κ3) is 21.8. The summed E-state index contributed by atoms with van der Waals surface area (Å²) in [6.07, 6.45) is -2.49. The Labute approximate surface area is 290 Å². The van der Waals surface area contributed by atoms with Crippen LogP contribution in [0, 0.1) is 11.3 Å². The fourth-order valence-electron chi connectivity index (χ4n) is 4.09. The number of urea groups is 1. The van der Waals surface area contributed by atoms with E-state index in [1.54, 1.807) is 34.6 Å². The summed E-state index contributed by atoms with van der Waals surface area (Å²) in [5.74, 6) is -3.55. The lowest BCUT2D eigenvalue weighted by atomic mass is 9.85. The van der Waals surface area contributed by atoms with Crippen molar-refractivity contribution in [3.8, 4) is 0 Å². The van der Waals surface area contributed by atoms with Crippen molar-refractivity contribution in [2.24, 2.45) is 11.3 Å². The summed E-state index contributed by atoms with van der Waals surface area (Å²) >= 11 is 0. The molecule has 5 N–H and O–H groups in total. The summed E-state index contributed by atoms with van der Waals surface area (Å²) in [6.45, 7) is 22.5. The minimum atomic E-state index is -4.64. The van der Waals surface area contributed by atoms with Crippen LogP contribution in [0.2, 0.25) is 0 Å². The van der Waals surface area contributed by atoms with Crippen LogP contribution < -0.4 is 26.6 Å². The van der Waals surface area contributed by atoms with E-state index in [1.165, 1.54) is 23.8 Å². The second-order valence-corrected chi connectivity index (χ2v) is 13.8. The van der Waals surface area contributed by atoms with Crippen molar-refractivity contribution in [3.63, 3.8) is 0 Å². The van der Waals surface area contributed by atoms with E-state index in [9.17, 15) is 41.9 Å². The van der Waals surface area contributed by atoms with Gasteiger partial charge in [0.1, 0.15) is 12.1 Å². The lowest BCUT2D eigenvalue weighted by Gasteiger charge is -2.35. The molecule has 3 atom stereocenters. The van der Waals surface area contributed by atoms with Crippen molar-refractivity contribution in [2.45, 2.75) is 138 Å². The van der Waals surface area contributed by atoms with Crippen LogP contribution in [0.5, 0.6) is 0 Å². The molecule has 0 saturated carbocycles. The van der Waals surface area contributed by atoms with Crippen LogP contribution in [0.15, 0.2) is 12.7 Å². The van der Waals surface area contributed by atoms with E-state index >= 15 is 0 Å². The zero-order valence-electron chi connectivity index (χ0n) is 31.1. The molecule has 1 rings (SSSR count). The molecule has 0 aromatic heterocycles. The number of hydrogen-bond donors (Lipinski definition) is 5. The van der Waals surface area contributed by atoms with Crippen LogP contribution in [0.1, 0.15) is 108 Å². The summed E-state index contributed by atoms with van der Waals surface area (Å²) in [6, 6.07) is -4.99. The Hall–Kier alpha value is -3.65. The molecule has 0 aromatic rings. The molecular weight excluding hydrogens is 645 g/mol. The molecule has 1 fully saturated rings. The lowest BCUT2D eigenvalue weighted by molar-refractivity contribution is -0.147. The Kier molecular flexibility index (Phi) is 22.9. The number of Topliss-reactive ketones (excluding diaryl/α,β-unsaturated/α-hetero) is 1. The number of ketones is 1. The van der Waals surface area contributed by atoms with Crippen molar-refractivity contribution < 1.29 is 41.9 Å². The van der Waals surface area contributed by atoms with Crippen LogP contribution in [0.25, 0.3) is 0 Å². The Morgan fingerprint density at radius 2 is 1.45 bits per heavy atom. The average molecular weight is 707 g/mol. The highest BCUT2D eigenvalue weighted by atomic mass is 19.4. The predicted molar refractivity (Wildman–Crippen MR) is 184 cm³/mol. The number of rotatable bonds is 14. The van der Waals surface area contributed by atoms with Gasteiger partial charge < -0.3 is 31.5 Å². The fraction of sp³-hybridized carbons (Fsp3) is 0.765. The van der Waals surface area contributed by atoms with Crippen LogP contribution >= 0.6 is 0 Å². The second-order valence-electron chi connectivity index (χ2n) is 13.8. The molecule has 0 bridgehead atoms. The first-order chi connectivity index (χ1) is 22.5. The Morgan fingerprint density at radius 1 is 0.898 bits per heavy atom. The normalized spacial score (nSPS) is 15.4. The third-order valence-electron chi connectivity index (χ3n) is 6.57. The molecule has 0 aliphatic carbocycles. The van der Waals surface area contributed by atoms with Gasteiger partial charge in [-0.1, -0.05) is 74.3 Å². The van der Waals surface area contributed by atoms with Crippen LogP contribution in [-0.4, -0.2) is 90.3 Å². The maximum absolute atomic E-state index is 13.6. The first-order valence-corrected chi connectivity index (χ1v) is 17.0. The molecule has 1 aliphatic heterocycles. The number of alkyl halides is 3. The monoisotopic (exact) mass is 706 g/mol.